The maximum Gasteiger partial charge on any atom is 0.342 e. The van der Waals surface area contributed by atoms with Crippen molar-refractivity contribution in [1.29, 1.82) is 0 Å². The Morgan fingerprint density at radius 2 is 2.22 bits per heavy atom. The Bertz CT molecular complexity index is 170. The summed E-state index contributed by atoms with van der Waals surface area (Å²) in [6, 6.07) is 0. The largest absolute Gasteiger partial charge is 0.477 e. The van der Waals surface area contributed by atoms with Crippen LogP contribution in [0.25, 0.3) is 0 Å². The molecule has 1 rings (SSSR count). The minimum Gasteiger partial charge on any atom is -0.477 e. The van der Waals surface area contributed by atoms with Gasteiger partial charge in [-0.25, -0.2) is 4.79 Å². The van der Waals surface area contributed by atoms with Crippen molar-refractivity contribution in [3.8, 4) is 0 Å². The minimum absolute atomic E-state index is 0.307. The SMILES string of the molecule is O=C(O)C(Br)=C1CNC1. The molecule has 0 amide bonds. The number of aliphatic carboxylic acids is 1. The van der Waals surface area contributed by atoms with Crippen molar-refractivity contribution in [2.24, 2.45) is 0 Å². The molecule has 4 heteroatoms. The first kappa shape index (κ1) is 6.77. The van der Waals surface area contributed by atoms with E-state index < -0.39 is 5.97 Å². The van der Waals surface area contributed by atoms with Gasteiger partial charge >= 0.3 is 5.97 Å². The summed E-state index contributed by atoms with van der Waals surface area (Å²) >= 11 is 2.96. The summed E-state index contributed by atoms with van der Waals surface area (Å²) in [4.78, 5) is 10.2. The Hall–Kier alpha value is -0.350. The van der Waals surface area contributed by atoms with Crippen LogP contribution in [0.5, 0.6) is 0 Å². The summed E-state index contributed by atoms with van der Waals surface area (Å²) in [5.41, 5.74) is 0.933. The molecule has 3 nitrogen and oxygen atoms in total. The first-order chi connectivity index (χ1) is 4.22. The highest BCUT2D eigenvalue weighted by Crippen LogP contribution is 2.14. The molecule has 1 aliphatic rings. The normalized spacial score (nSPS) is 16.8. The first-order valence-electron chi connectivity index (χ1n) is 2.53. The van der Waals surface area contributed by atoms with Crippen LogP contribution in [0.4, 0.5) is 0 Å². The quantitative estimate of drug-likeness (QED) is 0.588. The fourth-order valence-electron chi connectivity index (χ4n) is 0.556. The summed E-state index contributed by atoms with van der Waals surface area (Å²) in [5.74, 6) is -0.883. The van der Waals surface area contributed by atoms with Gasteiger partial charge in [-0.1, -0.05) is 0 Å². The molecule has 0 bridgehead atoms. The van der Waals surface area contributed by atoms with Crippen LogP contribution in [-0.2, 0) is 4.79 Å². The van der Waals surface area contributed by atoms with Crippen molar-refractivity contribution in [3.05, 3.63) is 10.1 Å². The van der Waals surface area contributed by atoms with Gasteiger partial charge in [-0.2, -0.15) is 0 Å². The van der Waals surface area contributed by atoms with E-state index in [1.807, 2.05) is 0 Å². The molecule has 0 unspecified atom stereocenters. The molecule has 1 heterocycles. The number of carboxylic acids is 1. The molecule has 0 atom stereocenters. The van der Waals surface area contributed by atoms with Gasteiger partial charge in [0.1, 0.15) is 4.48 Å². The van der Waals surface area contributed by atoms with Gasteiger partial charge in [0.25, 0.3) is 0 Å². The Morgan fingerprint density at radius 3 is 2.33 bits per heavy atom. The average Bonchev–Trinajstić information content (AvgIpc) is 1.60. The molecule has 0 spiro atoms. The third-order valence-electron chi connectivity index (χ3n) is 1.17. The van der Waals surface area contributed by atoms with E-state index in [1.54, 1.807) is 0 Å². The molecule has 0 aliphatic carbocycles. The fourth-order valence-corrected chi connectivity index (χ4v) is 0.837. The number of rotatable bonds is 1. The van der Waals surface area contributed by atoms with Gasteiger partial charge in [0.2, 0.25) is 0 Å². The van der Waals surface area contributed by atoms with Gasteiger partial charge in [0.15, 0.2) is 0 Å². The molecular weight excluding hydrogens is 186 g/mol. The van der Waals surface area contributed by atoms with Crippen molar-refractivity contribution in [1.82, 2.24) is 5.32 Å². The Morgan fingerprint density at radius 1 is 1.67 bits per heavy atom. The molecule has 50 valence electrons. The van der Waals surface area contributed by atoms with Crippen molar-refractivity contribution in [3.63, 3.8) is 0 Å². The highest BCUT2D eigenvalue weighted by molar-refractivity contribution is 9.12. The lowest BCUT2D eigenvalue weighted by molar-refractivity contribution is -0.131. The summed E-state index contributed by atoms with van der Waals surface area (Å²) in [7, 11) is 0. The molecule has 9 heavy (non-hydrogen) atoms. The van der Waals surface area contributed by atoms with Gasteiger partial charge in [-0.15, -0.1) is 0 Å². The minimum atomic E-state index is -0.883. The lowest BCUT2D eigenvalue weighted by Crippen LogP contribution is -2.35. The first-order valence-corrected chi connectivity index (χ1v) is 3.32. The molecule has 0 radical (unpaired) electrons. The molecular formula is C5H6BrNO2. The average molecular weight is 192 g/mol. The van der Waals surface area contributed by atoms with Gasteiger partial charge in [0.05, 0.1) is 0 Å². The van der Waals surface area contributed by atoms with Crippen molar-refractivity contribution in [2.45, 2.75) is 0 Å². The summed E-state index contributed by atoms with van der Waals surface area (Å²) < 4.78 is 0.307. The number of carboxylic acid groups (broad SMARTS) is 1. The standard InChI is InChI=1S/C5H6BrNO2/c6-4(5(8)9)3-1-7-2-3/h7H,1-2H2,(H,8,9). The highest BCUT2D eigenvalue weighted by atomic mass is 79.9. The van der Waals surface area contributed by atoms with Crippen LogP contribution >= 0.6 is 15.9 Å². The van der Waals surface area contributed by atoms with Gasteiger partial charge in [-0.05, 0) is 21.5 Å². The van der Waals surface area contributed by atoms with E-state index in [0.29, 0.717) is 17.6 Å². The van der Waals surface area contributed by atoms with E-state index in [4.69, 9.17) is 5.11 Å². The topological polar surface area (TPSA) is 49.3 Å². The third-order valence-corrected chi connectivity index (χ3v) is 2.07. The van der Waals surface area contributed by atoms with Crippen LogP contribution < -0.4 is 5.32 Å². The summed E-state index contributed by atoms with van der Waals surface area (Å²) in [6.07, 6.45) is 0. The van der Waals surface area contributed by atoms with Crippen molar-refractivity contribution >= 4 is 21.9 Å². The van der Waals surface area contributed by atoms with E-state index in [2.05, 4.69) is 21.2 Å². The molecule has 1 saturated heterocycles. The molecule has 2 N–H and O–H groups in total. The van der Waals surface area contributed by atoms with Crippen LogP contribution in [0.15, 0.2) is 10.1 Å². The second-order valence-corrected chi connectivity index (χ2v) is 2.62. The maximum atomic E-state index is 10.2. The predicted octanol–water partition coefficient (Wildman–Crippen LogP) is 0.323. The Labute approximate surface area is 60.9 Å². The monoisotopic (exact) mass is 191 g/mol. The van der Waals surface area contributed by atoms with Gasteiger partial charge in [-0.3, -0.25) is 0 Å². The predicted molar refractivity (Wildman–Crippen MR) is 36.5 cm³/mol. The van der Waals surface area contributed by atoms with Gasteiger partial charge < -0.3 is 10.4 Å². The molecule has 1 aliphatic heterocycles. The van der Waals surface area contributed by atoms with Crippen LogP contribution in [0.3, 0.4) is 0 Å². The number of hydrogen-bond acceptors (Lipinski definition) is 2. The number of nitrogens with one attached hydrogen (secondary N) is 1. The number of halogens is 1. The van der Waals surface area contributed by atoms with Gasteiger partial charge in [0, 0.05) is 13.1 Å². The molecule has 1 fully saturated rings. The molecule has 0 saturated carbocycles. The van der Waals surface area contributed by atoms with E-state index in [0.717, 1.165) is 5.57 Å². The Kier molecular flexibility index (Phi) is 1.87. The van der Waals surface area contributed by atoms with Crippen molar-refractivity contribution < 1.29 is 9.90 Å². The second-order valence-electron chi connectivity index (χ2n) is 1.83. The maximum absolute atomic E-state index is 10.2. The molecule has 0 aromatic heterocycles. The zero-order valence-corrected chi connectivity index (χ0v) is 6.23. The lowest BCUT2D eigenvalue weighted by Gasteiger charge is -2.18. The smallest absolute Gasteiger partial charge is 0.342 e. The zero-order chi connectivity index (χ0) is 6.85. The number of hydrogen-bond donors (Lipinski definition) is 2. The molecule has 0 aromatic carbocycles. The van der Waals surface area contributed by atoms with E-state index in [1.165, 1.54) is 0 Å². The highest BCUT2D eigenvalue weighted by Gasteiger charge is 2.15. The summed E-state index contributed by atoms with van der Waals surface area (Å²) in [5, 5.41) is 11.3. The number of carbonyl (C=O) groups is 1. The zero-order valence-electron chi connectivity index (χ0n) is 4.65. The van der Waals surface area contributed by atoms with E-state index in [-0.39, 0.29) is 0 Å². The van der Waals surface area contributed by atoms with Crippen LogP contribution in [0.1, 0.15) is 0 Å². The summed E-state index contributed by atoms with van der Waals surface area (Å²) in [6.45, 7) is 1.40. The van der Waals surface area contributed by atoms with Crippen LogP contribution in [0, 0.1) is 0 Å². The van der Waals surface area contributed by atoms with E-state index in [9.17, 15) is 4.79 Å². The van der Waals surface area contributed by atoms with Crippen molar-refractivity contribution in [2.75, 3.05) is 13.1 Å². The third kappa shape index (κ3) is 1.31. The molecule has 0 aromatic rings. The lowest BCUT2D eigenvalue weighted by atomic mass is 10.1. The van der Waals surface area contributed by atoms with Crippen LogP contribution in [0.2, 0.25) is 0 Å². The van der Waals surface area contributed by atoms with E-state index >= 15 is 0 Å². The Balaban J connectivity index is 2.67. The van der Waals surface area contributed by atoms with Crippen LogP contribution in [-0.4, -0.2) is 24.2 Å². The second kappa shape index (κ2) is 2.49. The fraction of sp³-hybridized carbons (Fsp3) is 0.400.